The van der Waals surface area contributed by atoms with Crippen LogP contribution < -0.4 is 0 Å². The number of sulfonamides is 1. The Kier molecular flexibility index (Phi) is 4.88. The number of hydrogen-bond acceptors (Lipinski definition) is 4. The first-order valence-electron chi connectivity index (χ1n) is 10.5. The van der Waals surface area contributed by atoms with Gasteiger partial charge in [0.2, 0.25) is 10.0 Å². The van der Waals surface area contributed by atoms with Gasteiger partial charge in [-0.15, -0.1) is 0 Å². The number of halogens is 4. The number of benzene rings is 1. The van der Waals surface area contributed by atoms with Gasteiger partial charge in [0.15, 0.2) is 0 Å². The van der Waals surface area contributed by atoms with Crippen LogP contribution in [0.5, 0.6) is 0 Å². The zero-order valence-electron chi connectivity index (χ0n) is 17.6. The monoisotopic (exact) mass is 483 g/mol. The van der Waals surface area contributed by atoms with Crippen molar-refractivity contribution in [2.24, 2.45) is 5.41 Å². The first kappa shape index (κ1) is 22.3. The second-order valence-electron chi connectivity index (χ2n) is 9.26. The van der Waals surface area contributed by atoms with E-state index >= 15 is 0 Å². The number of amides is 1. The van der Waals surface area contributed by atoms with Crippen molar-refractivity contribution in [1.82, 2.24) is 14.2 Å². The lowest BCUT2D eigenvalue weighted by Crippen LogP contribution is -2.69. The van der Waals surface area contributed by atoms with Crippen molar-refractivity contribution in [3.05, 3.63) is 59.2 Å². The van der Waals surface area contributed by atoms with Crippen molar-refractivity contribution in [3.8, 4) is 0 Å². The van der Waals surface area contributed by atoms with Crippen LogP contribution in [-0.2, 0) is 22.6 Å². The molecule has 11 heteroatoms. The van der Waals surface area contributed by atoms with Gasteiger partial charge >= 0.3 is 6.18 Å². The molecule has 0 N–H and O–H groups in total. The van der Waals surface area contributed by atoms with Crippen molar-refractivity contribution in [3.63, 3.8) is 0 Å². The molecule has 1 aliphatic carbocycles. The summed E-state index contributed by atoms with van der Waals surface area (Å²) in [4.78, 5) is 17.8. The fourth-order valence-corrected chi connectivity index (χ4v) is 7.09. The topological polar surface area (TPSA) is 70.6 Å². The van der Waals surface area contributed by atoms with Crippen molar-refractivity contribution in [2.45, 2.75) is 49.3 Å². The highest BCUT2D eigenvalue weighted by atomic mass is 32.2. The number of carbonyl (C=O) groups is 1. The van der Waals surface area contributed by atoms with Gasteiger partial charge in [-0.05, 0) is 49.9 Å². The molecule has 1 saturated carbocycles. The number of fused-ring (bicyclic) bond motifs is 1. The van der Waals surface area contributed by atoms with E-state index in [0.717, 1.165) is 18.3 Å². The molecule has 176 valence electrons. The number of rotatable bonds is 3. The molecule has 1 saturated heterocycles. The van der Waals surface area contributed by atoms with E-state index in [2.05, 4.69) is 4.98 Å². The Bertz CT molecular complexity index is 1230. The molecule has 1 amide bonds. The molecular formula is C22H21F4N3O3S. The summed E-state index contributed by atoms with van der Waals surface area (Å²) in [5, 5.41) is 0. The van der Waals surface area contributed by atoms with Crippen LogP contribution in [0.1, 0.15) is 41.4 Å². The fourth-order valence-electron chi connectivity index (χ4n) is 5.35. The number of nitrogens with zero attached hydrogens (tertiary/aromatic N) is 3. The predicted molar refractivity (Wildman–Crippen MR) is 109 cm³/mol. The minimum absolute atomic E-state index is 0.124. The van der Waals surface area contributed by atoms with Crippen LogP contribution in [0.15, 0.2) is 41.4 Å². The number of alkyl halides is 3. The quantitative estimate of drug-likeness (QED) is 0.627. The normalized spacial score (nSPS) is 23.2. The summed E-state index contributed by atoms with van der Waals surface area (Å²) in [6, 6.07) is 5.78. The molecule has 3 aliphatic rings. The summed E-state index contributed by atoms with van der Waals surface area (Å²) in [5.41, 5.74) is -0.755. The minimum Gasteiger partial charge on any atom is -0.333 e. The maximum absolute atomic E-state index is 14.0. The summed E-state index contributed by atoms with van der Waals surface area (Å²) in [7, 11) is -3.92. The van der Waals surface area contributed by atoms with E-state index in [1.165, 1.54) is 22.5 Å². The van der Waals surface area contributed by atoms with Gasteiger partial charge in [-0.1, -0.05) is 12.1 Å². The molecule has 2 aromatic rings. The summed E-state index contributed by atoms with van der Waals surface area (Å²) in [6.45, 7) is 2.31. The lowest BCUT2D eigenvalue weighted by molar-refractivity contribution is -0.141. The van der Waals surface area contributed by atoms with E-state index in [4.69, 9.17) is 0 Å². The maximum Gasteiger partial charge on any atom is 0.433 e. The van der Waals surface area contributed by atoms with Gasteiger partial charge < -0.3 is 4.90 Å². The lowest BCUT2D eigenvalue weighted by atomic mass is 9.60. The van der Waals surface area contributed by atoms with E-state index in [0.29, 0.717) is 24.8 Å². The molecule has 1 spiro atoms. The minimum atomic E-state index is -4.57. The average molecular weight is 483 g/mol. The highest BCUT2D eigenvalue weighted by molar-refractivity contribution is 7.89. The van der Waals surface area contributed by atoms with Crippen molar-refractivity contribution < 1.29 is 30.8 Å². The van der Waals surface area contributed by atoms with Gasteiger partial charge in [-0.25, -0.2) is 12.8 Å². The van der Waals surface area contributed by atoms with Gasteiger partial charge in [-0.3, -0.25) is 9.78 Å². The largest absolute Gasteiger partial charge is 0.433 e. The Labute approximate surface area is 188 Å². The van der Waals surface area contributed by atoms with Crippen LogP contribution in [0.2, 0.25) is 0 Å². The highest BCUT2D eigenvalue weighted by Crippen LogP contribution is 2.52. The Balaban J connectivity index is 1.27. The van der Waals surface area contributed by atoms with Gasteiger partial charge in [0.05, 0.1) is 5.56 Å². The second-order valence-corrected chi connectivity index (χ2v) is 11.2. The molecule has 5 rings (SSSR count). The Hall–Kier alpha value is -2.53. The Morgan fingerprint density at radius 1 is 1.15 bits per heavy atom. The molecule has 2 aliphatic heterocycles. The molecule has 1 aromatic heterocycles. The fraction of sp³-hybridized carbons (Fsp3) is 0.455. The standard InChI is InChI=1S/C22H21F4N3O3S/c1-13-6-14-7-19(22(24,25)26)27-10-16(14)20(30)29(13)15-8-21(9-15)11-28(12-21)33(31,32)18-5-3-2-4-17(18)23/h2-5,7,10,13,15H,6,8-9,11-12H2,1H3. The first-order valence-corrected chi connectivity index (χ1v) is 12.0. The summed E-state index contributed by atoms with van der Waals surface area (Å²) in [6.07, 6.45) is -2.09. The van der Waals surface area contributed by atoms with Gasteiger partial charge in [-0.2, -0.15) is 17.5 Å². The average Bonchev–Trinajstić information content (AvgIpc) is 2.66. The van der Waals surface area contributed by atoms with Crippen LogP contribution in [0.3, 0.4) is 0 Å². The molecule has 2 fully saturated rings. The number of hydrogen-bond donors (Lipinski definition) is 0. The molecule has 1 aromatic carbocycles. The van der Waals surface area contributed by atoms with E-state index in [1.807, 2.05) is 0 Å². The third-order valence-electron chi connectivity index (χ3n) is 6.94. The van der Waals surface area contributed by atoms with Crippen LogP contribution in [0.25, 0.3) is 0 Å². The highest BCUT2D eigenvalue weighted by Gasteiger charge is 2.58. The molecule has 0 bridgehead atoms. The first-order chi connectivity index (χ1) is 15.4. The SMILES string of the molecule is CC1Cc2cc(C(F)(F)F)ncc2C(=O)N1C1CC2(C1)CN(S(=O)(=O)c1ccccc1F)C2. The van der Waals surface area contributed by atoms with Gasteiger partial charge in [0.25, 0.3) is 5.91 Å². The Morgan fingerprint density at radius 2 is 1.82 bits per heavy atom. The molecule has 6 nitrogen and oxygen atoms in total. The van der Waals surface area contributed by atoms with Crippen LogP contribution in [-0.4, -0.2) is 53.7 Å². The van der Waals surface area contributed by atoms with Crippen molar-refractivity contribution >= 4 is 15.9 Å². The van der Waals surface area contributed by atoms with Gasteiger partial charge in [0.1, 0.15) is 16.4 Å². The molecule has 1 unspecified atom stereocenters. The van der Waals surface area contributed by atoms with Gasteiger partial charge in [0, 0.05) is 36.8 Å². The molecular weight excluding hydrogens is 462 g/mol. The van der Waals surface area contributed by atoms with E-state index in [1.54, 1.807) is 11.8 Å². The number of aromatic nitrogens is 1. The summed E-state index contributed by atoms with van der Waals surface area (Å²) in [5.74, 6) is -1.14. The van der Waals surface area contributed by atoms with Crippen LogP contribution in [0.4, 0.5) is 17.6 Å². The van der Waals surface area contributed by atoms with Crippen LogP contribution >= 0.6 is 0 Å². The van der Waals surface area contributed by atoms with Crippen molar-refractivity contribution in [1.29, 1.82) is 0 Å². The second kappa shape index (κ2) is 7.23. The van der Waals surface area contributed by atoms with E-state index < -0.39 is 27.7 Å². The third kappa shape index (κ3) is 3.52. The molecule has 0 radical (unpaired) electrons. The zero-order chi connectivity index (χ0) is 23.8. The smallest absolute Gasteiger partial charge is 0.333 e. The Morgan fingerprint density at radius 3 is 2.45 bits per heavy atom. The molecule has 3 heterocycles. The molecule has 33 heavy (non-hydrogen) atoms. The lowest BCUT2D eigenvalue weighted by Gasteiger charge is -2.61. The number of carbonyl (C=O) groups excluding carboxylic acids is 1. The van der Waals surface area contributed by atoms with E-state index in [9.17, 15) is 30.8 Å². The van der Waals surface area contributed by atoms with E-state index in [-0.39, 0.29) is 47.0 Å². The third-order valence-corrected chi connectivity index (χ3v) is 8.77. The maximum atomic E-state index is 14.0. The predicted octanol–water partition coefficient (Wildman–Crippen LogP) is 3.48. The summed E-state index contributed by atoms with van der Waals surface area (Å²) < 4.78 is 79.6. The van der Waals surface area contributed by atoms with Crippen LogP contribution in [0, 0.1) is 11.2 Å². The zero-order valence-corrected chi connectivity index (χ0v) is 18.5. The van der Waals surface area contributed by atoms with Crippen molar-refractivity contribution in [2.75, 3.05) is 13.1 Å². The molecule has 1 atom stereocenters. The summed E-state index contributed by atoms with van der Waals surface area (Å²) >= 11 is 0. The number of pyridine rings is 1.